The fraction of sp³-hybridized carbons (Fsp3) is 0.240. The highest BCUT2D eigenvalue weighted by atomic mass is 79.9. The average Bonchev–Trinajstić information content (AvgIpc) is 3.12. The molecule has 0 N–H and O–H groups in total. The van der Waals surface area contributed by atoms with Crippen molar-refractivity contribution in [3.05, 3.63) is 82.8 Å². The molecular weight excluding hydrogens is 424 g/mol. The first kappa shape index (κ1) is 19.7. The molecule has 29 heavy (non-hydrogen) atoms. The average molecular weight is 449 g/mol. The van der Waals surface area contributed by atoms with Gasteiger partial charge in [-0.15, -0.1) is 0 Å². The van der Waals surface area contributed by atoms with Gasteiger partial charge in [0.1, 0.15) is 18.2 Å². The molecule has 0 aliphatic rings. The Labute approximate surface area is 180 Å². The van der Waals surface area contributed by atoms with Crippen molar-refractivity contribution in [1.29, 1.82) is 0 Å². The van der Waals surface area contributed by atoms with E-state index in [9.17, 15) is 0 Å². The van der Waals surface area contributed by atoms with Crippen LogP contribution < -0.4 is 4.74 Å². The van der Waals surface area contributed by atoms with Gasteiger partial charge in [-0.05, 0) is 54.3 Å². The number of imidazole rings is 1. The first-order valence-electron chi connectivity index (χ1n) is 10.1. The van der Waals surface area contributed by atoms with Crippen molar-refractivity contribution in [3.8, 4) is 17.1 Å². The Morgan fingerprint density at radius 3 is 2.55 bits per heavy atom. The topological polar surface area (TPSA) is 27.1 Å². The van der Waals surface area contributed by atoms with Crippen LogP contribution in [0.15, 0.2) is 77.3 Å². The van der Waals surface area contributed by atoms with Gasteiger partial charge in [0.25, 0.3) is 0 Å². The quantitative estimate of drug-likeness (QED) is 0.302. The van der Waals surface area contributed by atoms with Crippen molar-refractivity contribution in [3.63, 3.8) is 0 Å². The minimum Gasteiger partial charge on any atom is -0.492 e. The van der Waals surface area contributed by atoms with E-state index >= 15 is 0 Å². The molecule has 4 aromatic rings. The lowest BCUT2D eigenvalue weighted by Crippen LogP contribution is -2.09. The van der Waals surface area contributed by atoms with E-state index in [0.717, 1.165) is 45.6 Å². The largest absolute Gasteiger partial charge is 0.492 e. The van der Waals surface area contributed by atoms with Crippen LogP contribution in [0.3, 0.4) is 0 Å². The highest BCUT2D eigenvalue weighted by molar-refractivity contribution is 9.10. The second kappa shape index (κ2) is 8.83. The van der Waals surface area contributed by atoms with E-state index in [1.165, 1.54) is 5.56 Å². The predicted molar refractivity (Wildman–Crippen MR) is 124 cm³/mol. The normalized spacial score (nSPS) is 12.2. The maximum Gasteiger partial charge on any atom is 0.141 e. The molecule has 3 aromatic carbocycles. The molecule has 0 radical (unpaired) electrons. The van der Waals surface area contributed by atoms with Gasteiger partial charge in [0.15, 0.2) is 0 Å². The first-order chi connectivity index (χ1) is 14.2. The number of ether oxygens (including phenoxy) is 1. The van der Waals surface area contributed by atoms with Crippen LogP contribution in [-0.2, 0) is 6.54 Å². The molecule has 4 rings (SSSR count). The predicted octanol–water partition coefficient (Wildman–Crippen LogP) is 7.06. The smallest absolute Gasteiger partial charge is 0.141 e. The standard InChI is InChI=1S/C25H25BrN2O/c1-3-18(2)19-11-13-22(14-12-19)29-16-15-28-24-10-5-4-9-23(24)27-25(28)20-7-6-8-21(26)17-20/h4-14,17-18H,3,15-16H2,1-2H3. The molecule has 0 amide bonds. The molecule has 1 aromatic heterocycles. The van der Waals surface area contributed by atoms with Gasteiger partial charge in [-0.3, -0.25) is 0 Å². The fourth-order valence-corrected chi connectivity index (χ4v) is 3.93. The van der Waals surface area contributed by atoms with Crippen molar-refractivity contribution in [2.45, 2.75) is 32.7 Å². The lowest BCUT2D eigenvalue weighted by Gasteiger charge is -2.13. The van der Waals surface area contributed by atoms with Crippen LogP contribution in [0.5, 0.6) is 5.75 Å². The van der Waals surface area contributed by atoms with Gasteiger partial charge in [0, 0.05) is 10.0 Å². The van der Waals surface area contributed by atoms with E-state index in [1.54, 1.807) is 0 Å². The summed E-state index contributed by atoms with van der Waals surface area (Å²) in [5, 5.41) is 0. The Bertz CT molecular complexity index is 1100. The number of nitrogens with zero attached hydrogens (tertiary/aromatic N) is 2. The molecule has 0 spiro atoms. The Balaban J connectivity index is 1.55. The Hall–Kier alpha value is -2.59. The van der Waals surface area contributed by atoms with Crippen LogP contribution in [0.4, 0.5) is 0 Å². The van der Waals surface area contributed by atoms with Gasteiger partial charge in [0.05, 0.1) is 17.6 Å². The summed E-state index contributed by atoms with van der Waals surface area (Å²) in [5.74, 6) is 2.45. The molecule has 1 atom stereocenters. The summed E-state index contributed by atoms with van der Waals surface area (Å²) in [4.78, 5) is 4.88. The minimum atomic E-state index is 0.578. The minimum absolute atomic E-state index is 0.578. The van der Waals surface area contributed by atoms with Crippen LogP contribution in [-0.4, -0.2) is 16.2 Å². The van der Waals surface area contributed by atoms with Crippen molar-refractivity contribution >= 4 is 27.0 Å². The summed E-state index contributed by atoms with van der Waals surface area (Å²) in [6, 6.07) is 25.0. The van der Waals surface area contributed by atoms with Gasteiger partial charge in [-0.2, -0.15) is 0 Å². The van der Waals surface area contributed by atoms with Gasteiger partial charge in [-0.25, -0.2) is 4.98 Å². The zero-order valence-corrected chi connectivity index (χ0v) is 18.4. The highest BCUT2D eigenvalue weighted by Crippen LogP contribution is 2.27. The van der Waals surface area contributed by atoms with E-state index in [2.05, 4.69) is 88.9 Å². The number of benzene rings is 3. The first-order valence-corrected chi connectivity index (χ1v) is 10.9. The molecular formula is C25H25BrN2O. The third kappa shape index (κ3) is 4.38. The van der Waals surface area contributed by atoms with E-state index in [-0.39, 0.29) is 0 Å². The van der Waals surface area contributed by atoms with Crippen LogP contribution in [0, 0.1) is 0 Å². The lowest BCUT2D eigenvalue weighted by atomic mass is 9.99. The molecule has 1 unspecified atom stereocenters. The fourth-order valence-electron chi connectivity index (χ4n) is 3.53. The number of hydrogen-bond acceptors (Lipinski definition) is 2. The van der Waals surface area contributed by atoms with Gasteiger partial charge in [-0.1, -0.05) is 66.2 Å². The third-order valence-electron chi connectivity index (χ3n) is 5.38. The highest BCUT2D eigenvalue weighted by Gasteiger charge is 2.13. The third-order valence-corrected chi connectivity index (χ3v) is 5.88. The molecule has 0 saturated carbocycles. The van der Waals surface area contributed by atoms with Crippen LogP contribution >= 0.6 is 15.9 Å². The second-order valence-electron chi connectivity index (χ2n) is 7.31. The number of fused-ring (bicyclic) bond motifs is 1. The molecule has 4 heteroatoms. The van der Waals surface area contributed by atoms with Gasteiger partial charge < -0.3 is 9.30 Å². The molecule has 3 nitrogen and oxygen atoms in total. The van der Waals surface area contributed by atoms with Crippen molar-refractivity contribution in [2.24, 2.45) is 0 Å². The van der Waals surface area contributed by atoms with E-state index < -0.39 is 0 Å². The van der Waals surface area contributed by atoms with Crippen molar-refractivity contribution in [2.75, 3.05) is 6.61 Å². The molecule has 148 valence electrons. The maximum absolute atomic E-state index is 6.05. The number of rotatable bonds is 7. The second-order valence-corrected chi connectivity index (χ2v) is 8.23. The number of para-hydroxylation sites is 2. The molecule has 0 fully saturated rings. The van der Waals surface area contributed by atoms with Gasteiger partial charge in [0.2, 0.25) is 0 Å². The number of halogens is 1. The van der Waals surface area contributed by atoms with E-state index in [1.807, 2.05) is 18.2 Å². The summed E-state index contributed by atoms with van der Waals surface area (Å²) in [6.07, 6.45) is 1.15. The summed E-state index contributed by atoms with van der Waals surface area (Å²) < 4.78 is 9.34. The lowest BCUT2D eigenvalue weighted by molar-refractivity contribution is 0.300. The summed E-state index contributed by atoms with van der Waals surface area (Å²) in [6.45, 7) is 5.79. The zero-order chi connectivity index (χ0) is 20.2. The van der Waals surface area contributed by atoms with Crippen molar-refractivity contribution < 1.29 is 4.74 Å². The molecule has 0 aliphatic heterocycles. The van der Waals surface area contributed by atoms with Crippen LogP contribution in [0.1, 0.15) is 31.7 Å². The maximum atomic E-state index is 6.05. The monoisotopic (exact) mass is 448 g/mol. The number of aromatic nitrogens is 2. The molecule has 0 aliphatic carbocycles. The summed E-state index contributed by atoms with van der Waals surface area (Å²) >= 11 is 3.57. The Morgan fingerprint density at radius 1 is 1.00 bits per heavy atom. The van der Waals surface area contributed by atoms with Crippen molar-refractivity contribution in [1.82, 2.24) is 9.55 Å². The molecule has 0 saturated heterocycles. The van der Waals surface area contributed by atoms with Crippen LogP contribution in [0.25, 0.3) is 22.4 Å². The SMILES string of the molecule is CCC(C)c1ccc(OCCn2c(-c3cccc(Br)c3)nc3ccccc32)cc1. The van der Waals surface area contributed by atoms with Gasteiger partial charge >= 0.3 is 0 Å². The van der Waals surface area contributed by atoms with Crippen LogP contribution in [0.2, 0.25) is 0 Å². The molecule has 1 heterocycles. The molecule has 0 bridgehead atoms. The number of hydrogen-bond donors (Lipinski definition) is 0. The Morgan fingerprint density at radius 2 is 1.79 bits per heavy atom. The van der Waals surface area contributed by atoms with E-state index in [4.69, 9.17) is 9.72 Å². The Kier molecular flexibility index (Phi) is 6.00. The van der Waals surface area contributed by atoms with E-state index in [0.29, 0.717) is 12.5 Å². The summed E-state index contributed by atoms with van der Waals surface area (Å²) in [7, 11) is 0. The summed E-state index contributed by atoms with van der Waals surface area (Å²) in [5.41, 5.74) is 4.57. The zero-order valence-electron chi connectivity index (χ0n) is 16.8.